The van der Waals surface area contributed by atoms with Crippen LogP contribution in [0.15, 0.2) is 17.5 Å². The number of phenolic OH excluding ortho intramolecular Hbond substituents is 1. The molecule has 0 aliphatic rings. The molecule has 0 amide bonds. The van der Waals surface area contributed by atoms with Gasteiger partial charge in [0.25, 0.3) is 0 Å². The summed E-state index contributed by atoms with van der Waals surface area (Å²) in [5.74, 6) is -0.505. The third kappa shape index (κ3) is 1.10. The third-order valence-corrected chi connectivity index (χ3v) is 2.80. The second kappa shape index (κ2) is 2.81. The molecule has 0 aliphatic carbocycles. The first-order valence-electron chi connectivity index (χ1n) is 3.58. The maximum atomic E-state index is 13.0. The number of carbonyl (C=O) groups is 1. The highest BCUT2D eigenvalue weighted by Gasteiger charge is 2.10. The van der Waals surface area contributed by atoms with Gasteiger partial charge in [0, 0.05) is 10.8 Å². The molecule has 2 rings (SSSR count). The third-order valence-electron chi connectivity index (χ3n) is 1.83. The Bertz CT molecular complexity index is 476. The Morgan fingerprint density at radius 2 is 2.23 bits per heavy atom. The maximum absolute atomic E-state index is 13.0. The number of aromatic hydroxyl groups is 1. The minimum Gasteiger partial charge on any atom is -0.506 e. The Labute approximate surface area is 77.2 Å². The van der Waals surface area contributed by atoms with Crippen molar-refractivity contribution in [3.63, 3.8) is 0 Å². The molecule has 0 saturated carbocycles. The Balaban J connectivity index is 2.87. The highest BCUT2D eigenvalue weighted by molar-refractivity contribution is 7.17. The first-order valence-corrected chi connectivity index (χ1v) is 4.46. The van der Waals surface area contributed by atoms with Crippen LogP contribution in [0.25, 0.3) is 10.1 Å². The molecule has 1 heterocycles. The Kier molecular flexibility index (Phi) is 1.77. The van der Waals surface area contributed by atoms with Crippen molar-refractivity contribution in [1.82, 2.24) is 0 Å². The van der Waals surface area contributed by atoms with Gasteiger partial charge in [0.1, 0.15) is 11.6 Å². The maximum Gasteiger partial charge on any atom is 0.153 e. The van der Waals surface area contributed by atoms with E-state index in [-0.39, 0.29) is 17.1 Å². The van der Waals surface area contributed by atoms with Gasteiger partial charge < -0.3 is 5.11 Å². The lowest BCUT2D eigenvalue weighted by atomic mass is 10.1. The predicted molar refractivity (Wildman–Crippen MR) is 48.8 cm³/mol. The van der Waals surface area contributed by atoms with Crippen LogP contribution >= 0.6 is 11.3 Å². The monoisotopic (exact) mass is 196 g/mol. The number of phenols is 1. The normalized spacial score (nSPS) is 10.5. The number of thiophene rings is 1. The molecule has 2 aromatic rings. The lowest BCUT2D eigenvalue weighted by Gasteiger charge is -1.97. The number of hydrogen-bond donors (Lipinski definition) is 1. The molecule has 1 aromatic heterocycles. The highest BCUT2D eigenvalue weighted by atomic mass is 32.1. The van der Waals surface area contributed by atoms with Crippen LogP contribution in [0, 0.1) is 5.82 Å². The number of halogens is 1. The van der Waals surface area contributed by atoms with E-state index in [0.29, 0.717) is 16.4 Å². The molecule has 0 atom stereocenters. The average molecular weight is 196 g/mol. The number of rotatable bonds is 1. The van der Waals surface area contributed by atoms with E-state index in [2.05, 4.69) is 0 Å². The Hall–Kier alpha value is -1.42. The molecule has 0 fully saturated rings. The van der Waals surface area contributed by atoms with E-state index in [0.717, 1.165) is 11.3 Å². The molecule has 1 aromatic carbocycles. The van der Waals surface area contributed by atoms with E-state index in [4.69, 9.17) is 0 Å². The van der Waals surface area contributed by atoms with Crippen LogP contribution in [0.2, 0.25) is 0 Å². The van der Waals surface area contributed by atoms with E-state index in [1.165, 1.54) is 17.5 Å². The summed E-state index contributed by atoms with van der Waals surface area (Å²) in [6.07, 6.45) is 0.548. The fourth-order valence-electron chi connectivity index (χ4n) is 1.16. The van der Waals surface area contributed by atoms with Gasteiger partial charge in [-0.15, -0.1) is 11.3 Å². The Morgan fingerprint density at radius 3 is 2.92 bits per heavy atom. The SMILES string of the molecule is O=Cc1ccc2c(F)csc2c1O. The molecule has 66 valence electrons. The van der Waals surface area contributed by atoms with Crippen LogP contribution in [0.3, 0.4) is 0 Å². The van der Waals surface area contributed by atoms with Crippen LogP contribution in [-0.2, 0) is 0 Å². The fourth-order valence-corrected chi connectivity index (χ4v) is 2.03. The fraction of sp³-hybridized carbons (Fsp3) is 0. The second-order valence-corrected chi connectivity index (χ2v) is 3.46. The summed E-state index contributed by atoms with van der Waals surface area (Å²) < 4.78 is 13.4. The van der Waals surface area contributed by atoms with Gasteiger partial charge in [0.2, 0.25) is 0 Å². The van der Waals surface area contributed by atoms with Crippen molar-refractivity contribution in [3.8, 4) is 5.75 Å². The second-order valence-electron chi connectivity index (χ2n) is 2.58. The summed E-state index contributed by atoms with van der Waals surface area (Å²) in [4.78, 5) is 10.4. The van der Waals surface area contributed by atoms with E-state index in [1.54, 1.807) is 0 Å². The summed E-state index contributed by atoms with van der Waals surface area (Å²) in [7, 11) is 0. The zero-order valence-corrected chi connectivity index (χ0v) is 7.27. The molecule has 0 aliphatic heterocycles. The first-order chi connectivity index (χ1) is 6.24. The predicted octanol–water partition coefficient (Wildman–Crippen LogP) is 2.56. The molecule has 0 unspecified atom stereocenters. The molecule has 0 saturated heterocycles. The van der Waals surface area contributed by atoms with Crippen LogP contribution in [0.5, 0.6) is 5.75 Å². The highest BCUT2D eigenvalue weighted by Crippen LogP contribution is 2.34. The zero-order valence-electron chi connectivity index (χ0n) is 6.45. The van der Waals surface area contributed by atoms with Gasteiger partial charge in [-0.1, -0.05) is 0 Å². The lowest BCUT2D eigenvalue weighted by molar-refractivity contribution is 0.112. The van der Waals surface area contributed by atoms with Crippen LogP contribution in [-0.4, -0.2) is 11.4 Å². The number of fused-ring (bicyclic) bond motifs is 1. The molecule has 0 spiro atoms. The van der Waals surface area contributed by atoms with Gasteiger partial charge >= 0.3 is 0 Å². The topological polar surface area (TPSA) is 37.3 Å². The van der Waals surface area contributed by atoms with Crippen molar-refractivity contribution in [1.29, 1.82) is 0 Å². The van der Waals surface area contributed by atoms with Crippen molar-refractivity contribution >= 4 is 27.7 Å². The van der Waals surface area contributed by atoms with Gasteiger partial charge in [-0.3, -0.25) is 4.79 Å². The van der Waals surface area contributed by atoms with Crippen LogP contribution in [0.4, 0.5) is 4.39 Å². The van der Waals surface area contributed by atoms with Crippen molar-refractivity contribution < 1.29 is 14.3 Å². The van der Waals surface area contributed by atoms with E-state index in [9.17, 15) is 14.3 Å². The molecule has 4 heteroatoms. The van der Waals surface area contributed by atoms with Crippen molar-refractivity contribution in [2.45, 2.75) is 0 Å². The van der Waals surface area contributed by atoms with Gasteiger partial charge in [0.05, 0.1) is 10.3 Å². The standard InChI is InChI=1S/C9H5FO2S/c10-7-4-13-9-6(7)2-1-5(3-11)8(9)12/h1-4,12H. The molecular formula is C9H5FO2S. The largest absolute Gasteiger partial charge is 0.506 e. The summed E-state index contributed by atoms with van der Waals surface area (Å²) in [5.41, 5.74) is 0.189. The van der Waals surface area contributed by atoms with E-state index in [1.807, 2.05) is 0 Å². The number of hydrogen-bond acceptors (Lipinski definition) is 3. The van der Waals surface area contributed by atoms with E-state index < -0.39 is 0 Å². The van der Waals surface area contributed by atoms with E-state index >= 15 is 0 Å². The summed E-state index contributed by atoms with van der Waals surface area (Å²) >= 11 is 1.09. The van der Waals surface area contributed by atoms with Gasteiger partial charge in [-0.25, -0.2) is 4.39 Å². The molecular weight excluding hydrogens is 191 g/mol. The molecule has 0 radical (unpaired) electrons. The summed E-state index contributed by atoms with van der Waals surface area (Å²) in [5, 5.41) is 11.1. The molecule has 1 N–H and O–H groups in total. The number of aldehydes is 1. The number of carbonyl (C=O) groups excluding carboxylic acids is 1. The Morgan fingerprint density at radius 1 is 1.46 bits per heavy atom. The average Bonchev–Trinajstić information content (AvgIpc) is 2.50. The lowest BCUT2D eigenvalue weighted by Crippen LogP contribution is -1.80. The quantitative estimate of drug-likeness (QED) is 0.711. The smallest absolute Gasteiger partial charge is 0.153 e. The summed E-state index contributed by atoms with van der Waals surface area (Å²) in [6, 6.07) is 2.89. The van der Waals surface area contributed by atoms with Crippen LogP contribution in [0.1, 0.15) is 10.4 Å². The van der Waals surface area contributed by atoms with Crippen molar-refractivity contribution in [2.24, 2.45) is 0 Å². The van der Waals surface area contributed by atoms with Gasteiger partial charge in [0.15, 0.2) is 6.29 Å². The molecule has 0 bridgehead atoms. The van der Waals surface area contributed by atoms with Gasteiger partial charge in [-0.2, -0.15) is 0 Å². The van der Waals surface area contributed by atoms with Crippen molar-refractivity contribution in [2.75, 3.05) is 0 Å². The minimum absolute atomic E-state index is 0.138. The zero-order chi connectivity index (χ0) is 9.42. The van der Waals surface area contributed by atoms with Gasteiger partial charge in [-0.05, 0) is 12.1 Å². The number of benzene rings is 1. The van der Waals surface area contributed by atoms with Crippen molar-refractivity contribution in [3.05, 3.63) is 28.9 Å². The molecule has 2 nitrogen and oxygen atoms in total. The minimum atomic E-state index is -0.368. The molecule has 13 heavy (non-hydrogen) atoms. The first kappa shape index (κ1) is 8.19. The van der Waals surface area contributed by atoms with Crippen LogP contribution < -0.4 is 0 Å². The summed E-state index contributed by atoms with van der Waals surface area (Å²) in [6.45, 7) is 0.